The fraction of sp³-hybridized carbons (Fsp3) is 0.278. The van der Waals surface area contributed by atoms with E-state index in [1.165, 1.54) is 18.7 Å². The van der Waals surface area contributed by atoms with E-state index >= 15 is 0 Å². The summed E-state index contributed by atoms with van der Waals surface area (Å²) in [5, 5.41) is 5.05. The van der Waals surface area contributed by atoms with Crippen LogP contribution >= 0.6 is 0 Å². The van der Waals surface area contributed by atoms with E-state index in [2.05, 4.69) is 10.6 Å². The third kappa shape index (κ3) is 4.00. The quantitative estimate of drug-likeness (QED) is 0.893. The summed E-state index contributed by atoms with van der Waals surface area (Å²) in [4.78, 5) is 11.5. The first kappa shape index (κ1) is 16.8. The van der Waals surface area contributed by atoms with Crippen molar-refractivity contribution < 1.29 is 13.9 Å². The van der Waals surface area contributed by atoms with Crippen molar-refractivity contribution in [2.75, 3.05) is 12.4 Å². The first-order valence-electron chi connectivity index (χ1n) is 7.39. The molecule has 0 aliphatic carbocycles. The van der Waals surface area contributed by atoms with Crippen LogP contribution in [0.5, 0.6) is 5.75 Å². The molecular formula is C18H21FN2O2. The van der Waals surface area contributed by atoms with Gasteiger partial charge in [-0.1, -0.05) is 12.1 Å². The number of benzene rings is 2. The van der Waals surface area contributed by atoms with E-state index < -0.39 is 11.8 Å². The molecular weight excluding hydrogens is 295 g/mol. The molecule has 0 unspecified atom stereocenters. The summed E-state index contributed by atoms with van der Waals surface area (Å²) in [5.74, 6) is 0.294. The maximum absolute atomic E-state index is 14.1. The first-order chi connectivity index (χ1) is 10.9. The maximum Gasteiger partial charge on any atom is 0.318 e. The van der Waals surface area contributed by atoms with Gasteiger partial charge in [-0.05, 0) is 55.7 Å². The van der Waals surface area contributed by atoms with Gasteiger partial charge in [-0.2, -0.15) is 0 Å². The van der Waals surface area contributed by atoms with Crippen molar-refractivity contribution in [1.29, 1.82) is 0 Å². The molecule has 0 atom stereocenters. The number of anilines is 1. The Morgan fingerprint density at radius 1 is 1.13 bits per heavy atom. The van der Waals surface area contributed by atoms with Gasteiger partial charge >= 0.3 is 6.03 Å². The molecule has 0 spiro atoms. The molecule has 0 saturated heterocycles. The molecule has 2 aromatic rings. The molecule has 23 heavy (non-hydrogen) atoms. The van der Waals surface area contributed by atoms with Crippen molar-refractivity contribution in [2.24, 2.45) is 0 Å². The van der Waals surface area contributed by atoms with Crippen LogP contribution in [-0.4, -0.2) is 13.1 Å². The Morgan fingerprint density at radius 2 is 1.83 bits per heavy atom. The summed E-state index contributed by atoms with van der Waals surface area (Å²) in [6.45, 7) is 6.03. The number of aryl methyl sites for hydroxylation is 3. The second kappa shape index (κ2) is 7.13. The van der Waals surface area contributed by atoms with E-state index in [1.807, 2.05) is 32.9 Å². The molecule has 0 heterocycles. The van der Waals surface area contributed by atoms with Gasteiger partial charge in [0.2, 0.25) is 0 Å². The van der Waals surface area contributed by atoms with Gasteiger partial charge in [-0.3, -0.25) is 0 Å². The summed E-state index contributed by atoms with van der Waals surface area (Å²) in [7, 11) is 1.50. The topological polar surface area (TPSA) is 50.4 Å². The van der Waals surface area contributed by atoms with Crippen molar-refractivity contribution in [1.82, 2.24) is 5.32 Å². The van der Waals surface area contributed by atoms with Crippen molar-refractivity contribution in [3.63, 3.8) is 0 Å². The second-order valence-electron chi connectivity index (χ2n) is 5.46. The third-order valence-corrected chi connectivity index (χ3v) is 3.76. The largest absolute Gasteiger partial charge is 0.488 e. The molecule has 2 amide bonds. The van der Waals surface area contributed by atoms with E-state index in [0.29, 0.717) is 17.0 Å². The van der Waals surface area contributed by atoms with Crippen LogP contribution in [-0.2, 0) is 6.61 Å². The van der Waals surface area contributed by atoms with Crippen molar-refractivity contribution in [3.05, 3.63) is 58.4 Å². The number of hydrogen-bond donors (Lipinski definition) is 2. The zero-order chi connectivity index (χ0) is 17.0. The van der Waals surface area contributed by atoms with Gasteiger partial charge in [0.15, 0.2) is 0 Å². The SMILES string of the molecule is CNC(=O)Nc1cccc(F)c1COc1cc(C)c(C)cc1C. The Balaban J connectivity index is 2.23. The van der Waals surface area contributed by atoms with Crippen LogP contribution in [0, 0.1) is 26.6 Å². The molecule has 0 aromatic heterocycles. The minimum absolute atomic E-state index is 0.0370. The van der Waals surface area contributed by atoms with Crippen LogP contribution in [0.4, 0.5) is 14.9 Å². The molecule has 0 bridgehead atoms. The third-order valence-electron chi connectivity index (χ3n) is 3.76. The molecule has 2 N–H and O–H groups in total. The lowest BCUT2D eigenvalue weighted by Gasteiger charge is -2.15. The molecule has 0 aliphatic heterocycles. The second-order valence-corrected chi connectivity index (χ2v) is 5.46. The summed E-state index contributed by atoms with van der Waals surface area (Å²) < 4.78 is 19.9. The minimum Gasteiger partial charge on any atom is -0.488 e. The number of amides is 2. The maximum atomic E-state index is 14.1. The zero-order valence-corrected chi connectivity index (χ0v) is 13.8. The highest BCUT2D eigenvalue weighted by Gasteiger charge is 2.12. The fourth-order valence-electron chi connectivity index (χ4n) is 2.25. The van der Waals surface area contributed by atoms with Gasteiger partial charge in [0, 0.05) is 12.6 Å². The van der Waals surface area contributed by atoms with Gasteiger partial charge in [0.05, 0.1) is 5.69 Å². The normalized spacial score (nSPS) is 10.3. The minimum atomic E-state index is -0.416. The van der Waals surface area contributed by atoms with Gasteiger partial charge in [0.1, 0.15) is 18.2 Å². The highest BCUT2D eigenvalue weighted by Crippen LogP contribution is 2.26. The Kier molecular flexibility index (Phi) is 5.21. The van der Waals surface area contributed by atoms with Gasteiger partial charge in [0.25, 0.3) is 0 Å². The highest BCUT2D eigenvalue weighted by molar-refractivity contribution is 5.89. The smallest absolute Gasteiger partial charge is 0.318 e. The lowest BCUT2D eigenvalue weighted by atomic mass is 10.1. The van der Waals surface area contributed by atoms with E-state index in [-0.39, 0.29) is 6.61 Å². The van der Waals surface area contributed by atoms with E-state index in [9.17, 15) is 9.18 Å². The molecule has 5 heteroatoms. The van der Waals surface area contributed by atoms with E-state index in [0.717, 1.165) is 11.1 Å². The van der Waals surface area contributed by atoms with Crippen LogP contribution in [0.25, 0.3) is 0 Å². The van der Waals surface area contributed by atoms with E-state index in [4.69, 9.17) is 4.74 Å². The lowest BCUT2D eigenvalue weighted by Crippen LogP contribution is -2.25. The number of hydrogen-bond acceptors (Lipinski definition) is 2. The lowest BCUT2D eigenvalue weighted by molar-refractivity contribution is 0.254. The summed E-state index contributed by atoms with van der Waals surface area (Å²) in [6, 6.07) is 8.11. The highest BCUT2D eigenvalue weighted by atomic mass is 19.1. The number of carbonyl (C=O) groups excluding carboxylic acids is 1. The first-order valence-corrected chi connectivity index (χ1v) is 7.39. The summed E-state index contributed by atoms with van der Waals surface area (Å²) >= 11 is 0. The summed E-state index contributed by atoms with van der Waals surface area (Å²) in [5.41, 5.74) is 4.00. The summed E-state index contributed by atoms with van der Waals surface area (Å²) in [6.07, 6.45) is 0. The molecule has 0 saturated carbocycles. The van der Waals surface area contributed by atoms with E-state index in [1.54, 1.807) is 12.1 Å². The van der Waals surface area contributed by atoms with Crippen LogP contribution in [0.15, 0.2) is 30.3 Å². The van der Waals surface area contributed by atoms with Crippen LogP contribution in [0.2, 0.25) is 0 Å². The number of ether oxygens (including phenoxy) is 1. The van der Waals surface area contributed by atoms with Gasteiger partial charge < -0.3 is 15.4 Å². The molecule has 0 aliphatic rings. The molecule has 4 nitrogen and oxygen atoms in total. The number of nitrogens with one attached hydrogen (secondary N) is 2. The van der Waals surface area contributed by atoms with Crippen molar-refractivity contribution >= 4 is 11.7 Å². The molecule has 122 valence electrons. The Labute approximate surface area is 135 Å². The predicted molar refractivity (Wildman–Crippen MR) is 89.5 cm³/mol. The number of halogens is 1. The molecule has 2 rings (SSSR count). The zero-order valence-electron chi connectivity index (χ0n) is 13.8. The predicted octanol–water partition coefficient (Wildman–Crippen LogP) is 4.08. The average molecular weight is 316 g/mol. The molecule has 0 fully saturated rings. The molecule has 0 radical (unpaired) electrons. The van der Waals surface area contributed by atoms with Gasteiger partial charge in [-0.25, -0.2) is 9.18 Å². The van der Waals surface area contributed by atoms with Gasteiger partial charge in [-0.15, -0.1) is 0 Å². The Hall–Kier alpha value is -2.56. The van der Waals surface area contributed by atoms with Crippen LogP contribution < -0.4 is 15.4 Å². The standard InChI is InChI=1S/C18H21FN2O2/c1-11-8-13(3)17(9-12(11)2)23-10-14-15(19)6-5-7-16(14)21-18(22)20-4/h5-9H,10H2,1-4H3,(H2,20,21,22). The number of rotatable bonds is 4. The van der Waals surface area contributed by atoms with Crippen molar-refractivity contribution in [2.45, 2.75) is 27.4 Å². The van der Waals surface area contributed by atoms with Crippen molar-refractivity contribution in [3.8, 4) is 5.75 Å². The number of urea groups is 1. The fourth-order valence-corrected chi connectivity index (χ4v) is 2.25. The average Bonchev–Trinajstić information content (AvgIpc) is 2.51. The van der Waals surface area contributed by atoms with Crippen LogP contribution in [0.1, 0.15) is 22.3 Å². The Bertz CT molecular complexity index is 729. The number of carbonyl (C=O) groups is 1. The monoisotopic (exact) mass is 316 g/mol. The van der Waals surface area contributed by atoms with Crippen LogP contribution in [0.3, 0.4) is 0 Å². The Morgan fingerprint density at radius 3 is 2.52 bits per heavy atom. The molecule has 2 aromatic carbocycles.